The minimum absolute atomic E-state index is 0.0170. The van der Waals surface area contributed by atoms with Crippen LogP contribution in [-0.2, 0) is 7.05 Å². The van der Waals surface area contributed by atoms with E-state index in [9.17, 15) is 14.9 Å². The lowest BCUT2D eigenvalue weighted by atomic mass is 9.86. The molecule has 2 unspecified atom stereocenters. The molecule has 2 aliphatic rings. The standard InChI is InChI=1S/C19H20N4O3/c1-21-9-8-20-19(21)18(24)13-6-7-16(17(10-13)23(25)26)22-11-14-4-2-3-5-15(14)12-22/h2-3,6-10,14-15H,4-5,11-12H2,1H3. The minimum Gasteiger partial charge on any atom is -0.365 e. The first-order valence-corrected chi connectivity index (χ1v) is 8.75. The summed E-state index contributed by atoms with van der Waals surface area (Å²) >= 11 is 0. The Hall–Kier alpha value is -2.96. The molecule has 1 saturated heterocycles. The molecule has 0 saturated carbocycles. The third-order valence-electron chi connectivity index (χ3n) is 5.42. The van der Waals surface area contributed by atoms with Crippen molar-refractivity contribution >= 4 is 17.2 Å². The van der Waals surface area contributed by atoms with Gasteiger partial charge in [0.05, 0.1) is 4.92 Å². The Balaban J connectivity index is 1.66. The molecule has 26 heavy (non-hydrogen) atoms. The summed E-state index contributed by atoms with van der Waals surface area (Å²) in [5.74, 6) is 1.05. The van der Waals surface area contributed by atoms with Gasteiger partial charge in [-0.1, -0.05) is 12.2 Å². The molecule has 0 bridgehead atoms. The van der Waals surface area contributed by atoms with Crippen molar-refractivity contribution in [3.63, 3.8) is 0 Å². The van der Waals surface area contributed by atoms with Crippen LogP contribution in [0.5, 0.6) is 0 Å². The smallest absolute Gasteiger partial charge is 0.293 e. The van der Waals surface area contributed by atoms with Crippen LogP contribution in [0.3, 0.4) is 0 Å². The van der Waals surface area contributed by atoms with Gasteiger partial charge in [0.25, 0.3) is 5.69 Å². The molecule has 0 amide bonds. The van der Waals surface area contributed by atoms with Crippen molar-refractivity contribution in [2.45, 2.75) is 12.8 Å². The maximum atomic E-state index is 12.6. The van der Waals surface area contributed by atoms with Crippen LogP contribution in [0.4, 0.5) is 11.4 Å². The van der Waals surface area contributed by atoms with Gasteiger partial charge in [0.15, 0.2) is 5.82 Å². The number of hydrogen-bond acceptors (Lipinski definition) is 5. The summed E-state index contributed by atoms with van der Waals surface area (Å²) < 4.78 is 1.61. The number of aromatic nitrogens is 2. The maximum Gasteiger partial charge on any atom is 0.293 e. The predicted molar refractivity (Wildman–Crippen MR) is 97.3 cm³/mol. The van der Waals surface area contributed by atoms with E-state index in [2.05, 4.69) is 22.0 Å². The second-order valence-corrected chi connectivity index (χ2v) is 7.02. The first-order valence-electron chi connectivity index (χ1n) is 8.75. The summed E-state index contributed by atoms with van der Waals surface area (Å²) in [5.41, 5.74) is 0.866. The van der Waals surface area contributed by atoms with E-state index in [1.807, 2.05) is 0 Å². The molecule has 7 heteroatoms. The number of benzene rings is 1. The largest absolute Gasteiger partial charge is 0.365 e. The maximum absolute atomic E-state index is 12.6. The van der Waals surface area contributed by atoms with Crippen LogP contribution in [0.2, 0.25) is 0 Å². The summed E-state index contributed by atoms with van der Waals surface area (Å²) in [6, 6.07) is 4.76. The van der Waals surface area contributed by atoms with Crippen molar-refractivity contribution in [1.29, 1.82) is 0 Å². The molecule has 1 fully saturated rings. The Kier molecular flexibility index (Phi) is 4.06. The fourth-order valence-corrected chi connectivity index (χ4v) is 4.00. The molecule has 4 rings (SSSR count). The zero-order valence-electron chi connectivity index (χ0n) is 14.5. The zero-order valence-corrected chi connectivity index (χ0v) is 14.5. The molecule has 2 heterocycles. The number of aryl methyl sites for hydroxylation is 1. The number of nitro groups is 1. The van der Waals surface area contributed by atoms with Gasteiger partial charge in [-0.05, 0) is 36.8 Å². The quantitative estimate of drug-likeness (QED) is 0.366. The van der Waals surface area contributed by atoms with Crippen LogP contribution in [-0.4, -0.2) is 33.3 Å². The molecular weight excluding hydrogens is 332 g/mol. The Morgan fingerprint density at radius 1 is 1.23 bits per heavy atom. The van der Waals surface area contributed by atoms with E-state index in [1.54, 1.807) is 29.9 Å². The number of nitro benzene ring substituents is 1. The molecule has 0 radical (unpaired) electrons. The molecule has 1 aromatic heterocycles. The number of nitrogens with zero attached hydrogens (tertiary/aromatic N) is 4. The summed E-state index contributed by atoms with van der Waals surface area (Å²) in [6.07, 6.45) is 9.68. The van der Waals surface area contributed by atoms with Crippen LogP contribution >= 0.6 is 0 Å². The third kappa shape index (κ3) is 2.79. The highest BCUT2D eigenvalue weighted by Gasteiger charge is 2.35. The number of allylic oxidation sites excluding steroid dienone is 2. The van der Waals surface area contributed by atoms with Gasteiger partial charge in [0.2, 0.25) is 5.78 Å². The molecule has 2 aromatic rings. The number of fused-ring (bicyclic) bond motifs is 1. The molecule has 2 atom stereocenters. The summed E-state index contributed by atoms with van der Waals surface area (Å²) in [7, 11) is 1.73. The Labute approximate surface area is 151 Å². The monoisotopic (exact) mass is 352 g/mol. The van der Waals surface area contributed by atoms with Crippen molar-refractivity contribution in [3.05, 3.63) is 64.2 Å². The van der Waals surface area contributed by atoms with Crippen molar-refractivity contribution in [2.75, 3.05) is 18.0 Å². The Morgan fingerprint density at radius 2 is 1.92 bits per heavy atom. The minimum atomic E-state index is -0.398. The number of anilines is 1. The van der Waals surface area contributed by atoms with E-state index < -0.39 is 4.92 Å². The lowest BCUT2D eigenvalue weighted by Gasteiger charge is -2.18. The van der Waals surface area contributed by atoms with E-state index in [4.69, 9.17) is 0 Å². The number of carbonyl (C=O) groups is 1. The van der Waals surface area contributed by atoms with Gasteiger partial charge < -0.3 is 9.47 Å². The summed E-state index contributed by atoms with van der Waals surface area (Å²) in [6.45, 7) is 1.64. The topological polar surface area (TPSA) is 81.3 Å². The summed E-state index contributed by atoms with van der Waals surface area (Å²) in [4.78, 5) is 30.0. The Bertz CT molecular complexity index is 886. The van der Waals surface area contributed by atoms with Gasteiger partial charge in [0, 0.05) is 44.2 Å². The van der Waals surface area contributed by atoms with Crippen molar-refractivity contribution < 1.29 is 9.72 Å². The van der Waals surface area contributed by atoms with E-state index in [-0.39, 0.29) is 22.9 Å². The molecular formula is C19H20N4O3. The lowest BCUT2D eigenvalue weighted by Crippen LogP contribution is -2.21. The van der Waals surface area contributed by atoms with Crippen molar-refractivity contribution in [1.82, 2.24) is 9.55 Å². The average Bonchev–Trinajstić information content (AvgIpc) is 3.26. The van der Waals surface area contributed by atoms with Crippen molar-refractivity contribution in [3.8, 4) is 0 Å². The zero-order chi connectivity index (χ0) is 18.3. The highest BCUT2D eigenvalue weighted by Crippen LogP contribution is 2.39. The van der Waals surface area contributed by atoms with Crippen LogP contribution in [0.1, 0.15) is 29.0 Å². The molecule has 7 nitrogen and oxygen atoms in total. The first kappa shape index (κ1) is 16.5. The van der Waals surface area contributed by atoms with E-state index in [1.165, 1.54) is 12.3 Å². The van der Waals surface area contributed by atoms with Crippen molar-refractivity contribution in [2.24, 2.45) is 18.9 Å². The third-order valence-corrected chi connectivity index (χ3v) is 5.42. The molecule has 0 spiro atoms. The number of ketones is 1. The van der Waals surface area contributed by atoms with E-state index in [0.717, 1.165) is 25.9 Å². The van der Waals surface area contributed by atoms with Gasteiger partial charge in [-0.3, -0.25) is 14.9 Å². The highest BCUT2D eigenvalue weighted by atomic mass is 16.6. The average molecular weight is 352 g/mol. The number of rotatable bonds is 4. The normalized spacial score (nSPS) is 21.7. The van der Waals surface area contributed by atoms with Gasteiger partial charge >= 0.3 is 0 Å². The fraction of sp³-hybridized carbons (Fsp3) is 0.368. The predicted octanol–water partition coefficient (Wildman–Crippen LogP) is 2.96. The second kappa shape index (κ2) is 6.40. The van der Waals surface area contributed by atoms with Gasteiger partial charge in [-0.25, -0.2) is 4.98 Å². The van der Waals surface area contributed by atoms with Crippen LogP contribution < -0.4 is 4.90 Å². The van der Waals surface area contributed by atoms with Gasteiger partial charge in [-0.2, -0.15) is 0 Å². The molecule has 0 N–H and O–H groups in total. The highest BCUT2D eigenvalue weighted by molar-refractivity contribution is 6.07. The van der Waals surface area contributed by atoms with Crippen LogP contribution in [0.15, 0.2) is 42.7 Å². The lowest BCUT2D eigenvalue weighted by molar-refractivity contribution is -0.384. The Morgan fingerprint density at radius 3 is 2.50 bits per heavy atom. The number of imidazole rings is 1. The van der Waals surface area contributed by atoms with E-state index in [0.29, 0.717) is 17.5 Å². The number of carbonyl (C=O) groups excluding carboxylic acids is 1. The van der Waals surface area contributed by atoms with Crippen LogP contribution in [0, 0.1) is 22.0 Å². The van der Waals surface area contributed by atoms with E-state index >= 15 is 0 Å². The first-order chi connectivity index (χ1) is 12.5. The summed E-state index contributed by atoms with van der Waals surface area (Å²) in [5, 5.41) is 11.7. The number of hydrogen-bond donors (Lipinski definition) is 0. The van der Waals surface area contributed by atoms with Gasteiger partial charge in [-0.15, -0.1) is 0 Å². The molecule has 1 aliphatic heterocycles. The van der Waals surface area contributed by atoms with Gasteiger partial charge in [0.1, 0.15) is 5.69 Å². The fourth-order valence-electron chi connectivity index (χ4n) is 4.00. The SMILES string of the molecule is Cn1ccnc1C(=O)c1ccc(N2CC3CC=CCC3C2)c([N+](=O)[O-])c1. The molecule has 134 valence electrons. The second-order valence-electron chi connectivity index (χ2n) is 7.02. The molecule has 1 aromatic carbocycles. The van der Waals surface area contributed by atoms with Crippen LogP contribution in [0.25, 0.3) is 0 Å². The molecule has 1 aliphatic carbocycles.